The first-order valence-electron chi connectivity index (χ1n) is 9.36. The molecule has 1 aliphatic carbocycles. The maximum atomic E-state index is 2.67. The van der Waals surface area contributed by atoms with Gasteiger partial charge in [-0.1, -0.05) is 51.5 Å². The summed E-state index contributed by atoms with van der Waals surface area (Å²) < 4.78 is 0. The van der Waals surface area contributed by atoms with Gasteiger partial charge in [0.25, 0.3) is 0 Å². The number of nitrogens with zero attached hydrogens (tertiary/aromatic N) is 2. The maximum Gasteiger partial charge on any atom is 0.0234 e. The van der Waals surface area contributed by atoms with Gasteiger partial charge in [-0.2, -0.15) is 0 Å². The van der Waals surface area contributed by atoms with Crippen LogP contribution in [0, 0.1) is 5.92 Å². The number of hydrogen-bond donors (Lipinski definition) is 0. The van der Waals surface area contributed by atoms with E-state index in [0.717, 1.165) is 12.5 Å². The Hall–Kier alpha value is -0.860. The summed E-state index contributed by atoms with van der Waals surface area (Å²) in [7, 11) is 0. The lowest BCUT2D eigenvalue weighted by atomic mass is 10.1. The minimum Gasteiger partial charge on any atom is -0.301 e. The van der Waals surface area contributed by atoms with Gasteiger partial charge in [-0.05, 0) is 36.3 Å². The molecule has 0 spiro atoms. The van der Waals surface area contributed by atoms with E-state index in [2.05, 4.69) is 41.0 Å². The van der Waals surface area contributed by atoms with Crippen molar-refractivity contribution in [3.8, 4) is 0 Å². The first-order chi connectivity index (χ1) is 10.8. The Morgan fingerprint density at radius 3 is 1.95 bits per heavy atom. The molecule has 2 heteroatoms. The van der Waals surface area contributed by atoms with E-state index in [1.54, 1.807) is 0 Å². The molecule has 0 aromatic heterocycles. The van der Waals surface area contributed by atoms with Crippen molar-refractivity contribution in [1.82, 2.24) is 9.80 Å². The molecule has 124 valence electrons. The standard InChI is InChI=1S/C18H28N2.C2H6/c1-2-3-16-4-6-17(7-5-16)14-19-10-12-20(13-11-19)15-18-8-9-18;1-2/h4-7,18H,2-3,8-15H2,1H3;1-2H3. The van der Waals surface area contributed by atoms with Crippen LogP contribution in [-0.4, -0.2) is 42.5 Å². The van der Waals surface area contributed by atoms with E-state index < -0.39 is 0 Å². The Morgan fingerprint density at radius 1 is 0.864 bits per heavy atom. The van der Waals surface area contributed by atoms with Crippen LogP contribution >= 0.6 is 0 Å². The molecule has 0 amide bonds. The third-order valence-electron chi connectivity index (χ3n) is 4.65. The molecule has 1 heterocycles. The zero-order valence-electron chi connectivity index (χ0n) is 14.9. The zero-order chi connectivity index (χ0) is 15.8. The van der Waals surface area contributed by atoms with Crippen molar-refractivity contribution in [3.05, 3.63) is 35.4 Å². The molecule has 3 rings (SSSR count). The second-order valence-corrected chi connectivity index (χ2v) is 6.59. The van der Waals surface area contributed by atoms with Crippen LogP contribution in [0.1, 0.15) is 51.2 Å². The van der Waals surface area contributed by atoms with Crippen LogP contribution in [0.2, 0.25) is 0 Å². The summed E-state index contributed by atoms with van der Waals surface area (Å²) in [6, 6.07) is 9.26. The van der Waals surface area contributed by atoms with Gasteiger partial charge in [0.05, 0.1) is 0 Å². The molecular formula is C20H34N2. The zero-order valence-corrected chi connectivity index (χ0v) is 14.9. The third kappa shape index (κ3) is 5.73. The summed E-state index contributed by atoms with van der Waals surface area (Å²) in [5.41, 5.74) is 2.95. The highest BCUT2D eigenvalue weighted by Gasteiger charge is 2.26. The van der Waals surface area contributed by atoms with Crippen molar-refractivity contribution in [3.63, 3.8) is 0 Å². The first-order valence-corrected chi connectivity index (χ1v) is 9.36. The Morgan fingerprint density at radius 2 is 1.41 bits per heavy atom. The lowest BCUT2D eigenvalue weighted by Crippen LogP contribution is -2.46. The Balaban J connectivity index is 0.000000847. The van der Waals surface area contributed by atoms with E-state index in [9.17, 15) is 0 Å². The van der Waals surface area contributed by atoms with Crippen molar-refractivity contribution in [1.29, 1.82) is 0 Å². The lowest BCUT2D eigenvalue weighted by Gasteiger charge is -2.34. The van der Waals surface area contributed by atoms with E-state index in [1.165, 1.54) is 69.5 Å². The number of benzene rings is 1. The van der Waals surface area contributed by atoms with Gasteiger partial charge in [-0.15, -0.1) is 0 Å². The molecule has 1 saturated carbocycles. The molecular weight excluding hydrogens is 268 g/mol. The van der Waals surface area contributed by atoms with Crippen molar-refractivity contribution in [2.24, 2.45) is 5.92 Å². The van der Waals surface area contributed by atoms with Crippen LogP contribution in [0.25, 0.3) is 0 Å². The molecule has 1 aliphatic heterocycles. The van der Waals surface area contributed by atoms with E-state index in [-0.39, 0.29) is 0 Å². The molecule has 0 bridgehead atoms. The minimum absolute atomic E-state index is 1.03. The molecule has 2 fully saturated rings. The van der Waals surface area contributed by atoms with Crippen LogP contribution in [-0.2, 0) is 13.0 Å². The topological polar surface area (TPSA) is 6.48 Å². The molecule has 0 unspecified atom stereocenters. The summed E-state index contributed by atoms with van der Waals surface area (Å²) in [5.74, 6) is 1.03. The van der Waals surface area contributed by atoms with E-state index >= 15 is 0 Å². The molecule has 1 saturated heterocycles. The number of hydrogen-bond acceptors (Lipinski definition) is 2. The summed E-state index contributed by atoms with van der Waals surface area (Å²) in [6.45, 7) is 13.7. The van der Waals surface area contributed by atoms with Crippen LogP contribution in [0.4, 0.5) is 0 Å². The second kappa shape index (κ2) is 9.32. The SMILES string of the molecule is CC.CCCc1ccc(CN2CCN(CC3CC3)CC2)cc1. The molecule has 2 nitrogen and oxygen atoms in total. The van der Waals surface area contributed by atoms with Gasteiger partial charge in [0.1, 0.15) is 0 Å². The van der Waals surface area contributed by atoms with Gasteiger partial charge in [0.2, 0.25) is 0 Å². The summed E-state index contributed by atoms with van der Waals surface area (Å²) in [4.78, 5) is 5.27. The van der Waals surface area contributed by atoms with Gasteiger partial charge in [-0.25, -0.2) is 0 Å². The predicted molar refractivity (Wildman–Crippen MR) is 96.2 cm³/mol. The molecule has 0 N–H and O–H groups in total. The highest BCUT2D eigenvalue weighted by Crippen LogP contribution is 2.29. The largest absolute Gasteiger partial charge is 0.301 e. The van der Waals surface area contributed by atoms with Crippen LogP contribution in [0.15, 0.2) is 24.3 Å². The van der Waals surface area contributed by atoms with Gasteiger partial charge in [0, 0.05) is 39.3 Å². The molecule has 1 aromatic rings. The average Bonchev–Trinajstić information content (AvgIpc) is 3.37. The van der Waals surface area contributed by atoms with E-state index in [1.807, 2.05) is 13.8 Å². The second-order valence-electron chi connectivity index (χ2n) is 6.59. The summed E-state index contributed by atoms with van der Waals surface area (Å²) in [6.07, 6.45) is 5.40. The molecule has 0 atom stereocenters. The molecule has 1 aromatic carbocycles. The minimum atomic E-state index is 1.03. The fourth-order valence-corrected chi connectivity index (χ4v) is 3.15. The Bertz CT molecular complexity index is 400. The average molecular weight is 303 g/mol. The normalized spacial score (nSPS) is 19.6. The van der Waals surface area contributed by atoms with Gasteiger partial charge in [0.15, 0.2) is 0 Å². The van der Waals surface area contributed by atoms with E-state index in [0.29, 0.717) is 0 Å². The van der Waals surface area contributed by atoms with Crippen LogP contribution < -0.4 is 0 Å². The highest BCUT2D eigenvalue weighted by molar-refractivity contribution is 5.22. The fraction of sp³-hybridized carbons (Fsp3) is 0.700. The van der Waals surface area contributed by atoms with Crippen molar-refractivity contribution >= 4 is 0 Å². The Kier molecular flexibility index (Phi) is 7.41. The first kappa shape index (κ1) is 17.5. The quantitative estimate of drug-likeness (QED) is 0.777. The monoisotopic (exact) mass is 302 g/mol. The van der Waals surface area contributed by atoms with Crippen LogP contribution in [0.5, 0.6) is 0 Å². The Labute approximate surface area is 137 Å². The van der Waals surface area contributed by atoms with Crippen LogP contribution in [0.3, 0.4) is 0 Å². The van der Waals surface area contributed by atoms with Gasteiger partial charge < -0.3 is 4.90 Å². The predicted octanol–water partition coefficient (Wildman–Crippen LogP) is 4.19. The van der Waals surface area contributed by atoms with Crippen molar-refractivity contribution in [2.75, 3.05) is 32.7 Å². The van der Waals surface area contributed by atoms with Gasteiger partial charge in [-0.3, -0.25) is 4.90 Å². The maximum absolute atomic E-state index is 2.67. The number of piperazine rings is 1. The van der Waals surface area contributed by atoms with Gasteiger partial charge >= 0.3 is 0 Å². The molecule has 22 heavy (non-hydrogen) atoms. The lowest BCUT2D eigenvalue weighted by molar-refractivity contribution is 0.123. The molecule has 0 radical (unpaired) electrons. The van der Waals surface area contributed by atoms with Crippen molar-refractivity contribution in [2.45, 2.75) is 53.0 Å². The third-order valence-corrected chi connectivity index (χ3v) is 4.65. The van der Waals surface area contributed by atoms with Crippen molar-refractivity contribution < 1.29 is 0 Å². The summed E-state index contributed by atoms with van der Waals surface area (Å²) >= 11 is 0. The van der Waals surface area contributed by atoms with E-state index in [4.69, 9.17) is 0 Å². The molecule has 2 aliphatic rings. The fourth-order valence-electron chi connectivity index (χ4n) is 3.15. The smallest absolute Gasteiger partial charge is 0.0234 e. The highest BCUT2D eigenvalue weighted by atomic mass is 15.3. The number of rotatable bonds is 6. The number of aryl methyl sites for hydroxylation is 1. The summed E-state index contributed by atoms with van der Waals surface area (Å²) in [5, 5.41) is 0.